The molecule has 0 saturated carbocycles. The lowest BCUT2D eigenvalue weighted by atomic mass is 10.1. The van der Waals surface area contributed by atoms with E-state index in [0.717, 1.165) is 27.7 Å². The Labute approximate surface area is 140 Å². The van der Waals surface area contributed by atoms with Crippen molar-refractivity contribution in [3.05, 3.63) is 70.9 Å². The Bertz CT molecular complexity index is 923. The number of hydrogen-bond donors (Lipinski definition) is 0. The maximum atomic E-state index is 13.0. The molecule has 1 aromatic heterocycles. The van der Waals surface area contributed by atoms with Crippen molar-refractivity contribution in [2.75, 3.05) is 7.11 Å². The van der Waals surface area contributed by atoms with E-state index >= 15 is 0 Å². The van der Waals surface area contributed by atoms with Gasteiger partial charge >= 0.3 is 5.97 Å². The smallest absolute Gasteiger partial charge is 0.310 e. The molecule has 4 heteroatoms. The topological polar surface area (TPSA) is 48.3 Å². The number of fused-ring (bicyclic) bond motifs is 1. The van der Waals surface area contributed by atoms with Gasteiger partial charge in [-0.1, -0.05) is 29.8 Å². The van der Waals surface area contributed by atoms with Gasteiger partial charge in [0.15, 0.2) is 0 Å². The van der Waals surface area contributed by atoms with Crippen LogP contribution >= 0.6 is 0 Å². The number of aryl methyl sites for hydroxylation is 1. The van der Waals surface area contributed by atoms with Crippen molar-refractivity contribution in [1.82, 2.24) is 4.57 Å². The average molecular weight is 321 g/mol. The Hall–Kier alpha value is -2.88. The summed E-state index contributed by atoms with van der Waals surface area (Å²) in [5.74, 6) is -0.413. The predicted octanol–water partition coefficient (Wildman–Crippen LogP) is 3.66. The van der Waals surface area contributed by atoms with Crippen molar-refractivity contribution in [2.24, 2.45) is 0 Å². The summed E-state index contributed by atoms with van der Waals surface area (Å²) in [6.45, 7) is 3.86. The highest BCUT2D eigenvalue weighted by Crippen LogP contribution is 2.28. The number of methoxy groups -OCH3 is 1. The number of carbonyl (C=O) groups excluding carboxylic acids is 2. The van der Waals surface area contributed by atoms with Gasteiger partial charge in [0.2, 0.25) is 0 Å². The van der Waals surface area contributed by atoms with Crippen molar-refractivity contribution in [3.63, 3.8) is 0 Å². The molecule has 0 fully saturated rings. The highest BCUT2D eigenvalue weighted by molar-refractivity contribution is 6.04. The number of hydrogen-bond acceptors (Lipinski definition) is 3. The standard InChI is InChI=1S/C20H19NO3/c1-13-9-10-18-17(11-13)16(12-19(22)24-3)14(2)21(18)20(23)15-7-5-4-6-8-15/h4-11H,12H2,1-3H3. The number of benzene rings is 2. The van der Waals surface area contributed by atoms with Crippen molar-refractivity contribution in [2.45, 2.75) is 20.3 Å². The second-order valence-electron chi connectivity index (χ2n) is 5.84. The fourth-order valence-electron chi connectivity index (χ4n) is 3.01. The van der Waals surface area contributed by atoms with Crippen molar-refractivity contribution >= 4 is 22.8 Å². The lowest BCUT2D eigenvalue weighted by molar-refractivity contribution is -0.139. The molecule has 0 aliphatic carbocycles. The van der Waals surface area contributed by atoms with E-state index in [-0.39, 0.29) is 18.3 Å². The molecule has 0 atom stereocenters. The van der Waals surface area contributed by atoms with Crippen LogP contribution in [-0.4, -0.2) is 23.6 Å². The van der Waals surface area contributed by atoms with E-state index in [1.54, 1.807) is 16.7 Å². The Kier molecular flexibility index (Phi) is 4.21. The Morgan fingerprint density at radius 2 is 1.75 bits per heavy atom. The fraction of sp³-hybridized carbons (Fsp3) is 0.200. The molecule has 0 saturated heterocycles. The molecule has 2 aromatic carbocycles. The molecule has 0 aliphatic rings. The maximum Gasteiger partial charge on any atom is 0.310 e. The van der Waals surface area contributed by atoms with Crippen LogP contribution in [0.25, 0.3) is 10.9 Å². The molecular formula is C20H19NO3. The van der Waals surface area contributed by atoms with Gasteiger partial charge in [-0.15, -0.1) is 0 Å². The van der Waals surface area contributed by atoms with E-state index in [9.17, 15) is 9.59 Å². The average Bonchev–Trinajstić information content (AvgIpc) is 2.86. The number of carbonyl (C=O) groups is 2. The first-order valence-electron chi connectivity index (χ1n) is 7.80. The normalized spacial score (nSPS) is 10.8. The third kappa shape index (κ3) is 2.71. The van der Waals surface area contributed by atoms with Crippen LogP contribution in [0.15, 0.2) is 48.5 Å². The van der Waals surface area contributed by atoms with Gasteiger partial charge in [0, 0.05) is 16.6 Å². The number of ether oxygens (including phenoxy) is 1. The van der Waals surface area contributed by atoms with Crippen LogP contribution in [0.3, 0.4) is 0 Å². The summed E-state index contributed by atoms with van der Waals surface area (Å²) in [5, 5.41) is 0.919. The van der Waals surface area contributed by atoms with Gasteiger partial charge in [-0.2, -0.15) is 0 Å². The van der Waals surface area contributed by atoms with Gasteiger partial charge < -0.3 is 4.74 Å². The third-order valence-corrected chi connectivity index (χ3v) is 4.26. The van der Waals surface area contributed by atoms with E-state index in [2.05, 4.69) is 0 Å². The summed E-state index contributed by atoms with van der Waals surface area (Å²) in [4.78, 5) is 24.8. The molecule has 4 nitrogen and oxygen atoms in total. The highest BCUT2D eigenvalue weighted by atomic mass is 16.5. The van der Waals surface area contributed by atoms with Crippen LogP contribution in [0, 0.1) is 13.8 Å². The van der Waals surface area contributed by atoms with Crippen LogP contribution in [0.5, 0.6) is 0 Å². The van der Waals surface area contributed by atoms with Crippen molar-refractivity contribution in [3.8, 4) is 0 Å². The molecule has 1 heterocycles. The largest absolute Gasteiger partial charge is 0.469 e. The minimum atomic E-state index is -0.314. The molecule has 0 radical (unpaired) electrons. The first-order chi connectivity index (χ1) is 11.5. The summed E-state index contributed by atoms with van der Waals surface area (Å²) in [6, 6.07) is 15.1. The maximum absolute atomic E-state index is 13.0. The zero-order valence-electron chi connectivity index (χ0n) is 14.0. The van der Waals surface area contributed by atoms with Gasteiger partial charge in [-0.05, 0) is 43.7 Å². The van der Waals surface area contributed by atoms with Crippen LogP contribution in [0.4, 0.5) is 0 Å². The Morgan fingerprint density at radius 1 is 1.04 bits per heavy atom. The molecule has 0 amide bonds. The molecule has 24 heavy (non-hydrogen) atoms. The number of rotatable bonds is 3. The zero-order chi connectivity index (χ0) is 17.3. The second-order valence-corrected chi connectivity index (χ2v) is 5.84. The molecule has 0 bridgehead atoms. The summed E-state index contributed by atoms with van der Waals surface area (Å²) in [5.41, 5.74) is 4.12. The van der Waals surface area contributed by atoms with Gasteiger partial charge in [0.25, 0.3) is 5.91 Å². The van der Waals surface area contributed by atoms with Gasteiger partial charge in [0.05, 0.1) is 19.0 Å². The second kappa shape index (κ2) is 6.32. The molecule has 3 aromatic rings. The lowest BCUT2D eigenvalue weighted by Gasteiger charge is -2.07. The first kappa shape index (κ1) is 16.0. The Balaban J connectivity index is 2.23. The fourth-order valence-corrected chi connectivity index (χ4v) is 3.01. The monoisotopic (exact) mass is 321 g/mol. The van der Waals surface area contributed by atoms with Crippen LogP contribution in [0.2, 0.25) is 0 Å². The number of esters is 1. The Morgan fingerprint density at radius 3 is 2.42 bits per heavy atom. The van der Waals surface area contributed by atoms with E-state index < -0.39 is 0 Å². The van der Waals surface area contributed by atoms with Crippen molar-refractivity contribution < 1.29 is 14.3 Å². The lowest BCUT2D eigenvalue weighted by Crippen LogP contribution is -2.14. The summed E-state index contributed by atoms with van der Waals surface area (Å²) >= 11 is 0. The molecule has 0 unspecified atom stereocenters. The van der Waals surface area contributed by atoms with E-state index in [0.29, 0.717) is 5.56 Å². The minimum absolute atomic E-state index is 0.0990. The van der Waals surface area contributed by atoms with E-state index in [1.807, 2.05) is 50.2 Å². The van der Waals surface area contributed by atoms with Crippen LogP contribution < -0.4 is 0 Å². The SMILES string of the molecule is COC(=O)Cc1c(C)n(C(=O)c2ccccc2)c2ccc(C)cc12. The quantitative estimate of drug-likeness (QED) is 0.692. The number of aromatic nitrogens is 1. The third-order valence-electron chi connectivity index (χ3n) is 4.26. The molecule has 0 N–H and O–H groups in total. The number of nitrogens with zero attached hydrogens (tertiary/aromatic N) is 1. The molecule has 0 spiro atoms. The minimum Gasteiger partial charge on any atom is -0.469 e. The van der Waals surface area contributed by atoms with Crippen LogP contribution in [0.1, 0.15) is 27.2 Å². The predicted molar refractivity (Wildman–Crippen MR) is 93.3 cm³/mol. The first-order valence-corrected chi connectivity index (χ1v) is 7.80. The summed E-state index contributed by atoms with van der Waals surface area (Å²) in [6.07, 6.45) is 0.150. The molecular weight excluding hydrogens is 302 g/mol. The molecule has 3 rings (SSSR count). The summed E-state index contributed by atoms with van der Waals surface area (Å²) < 4.78 is 6.49. The molecule has 122 valence electrons. The highest BCUT2D eigenvalue weighted by Gasteiger charge is 2.21. The van der Waals surface area contributed by atoms with Gasteiger partial charge in [-0.3, -0.25) is 14.2 Å². The van der Waals surface area contributed by atoms with Crippen LogP contribution in [-0.2, 0) is 16.0 Å². The van der Waals surface area contributed by atoms with Gasteiger partial charge in [0.1, 0.15) is 0 Å². The summed E-state index contributed by atoms with van der Waals surface area (Å²) in [7, 11) is 1.37. The van der Waals surface area contributed by atoms with Crippen molar-refractivity contribution in [1.29, 1.82) is 0 Å². The van der Waals surface area contributed by atoms with E-state index in [4.69, 9.17) is 4.74 Å². The molecule has 0 aliphatic heterocycles. The van der Waals surface area contributed by atoms with Gasteiger partial charge in [-0.25, -0.2) is 0 Å². The zero-order valence-corrected chi connectivity index (χ0v) is 14.0. The van der Waals surface area contributed by atoms with E-state index in [1.165, 1.54) is 7.11 Å².